The van der Waals surface area contributed by atoms with Crippen LogP contribution in [0.5, 0.6) is 5.75 Å². The Morgan fingerprint density at radius 3 is 3.06 bits per heavy atom. The highest BCUT2D eigenvalue weighted by Crippen LogP contribution is 2.26. The molecule has 0 bridgehead atoms. The maximum Gasteiger partial charge on any atom is 0.181 e. The van der Waals surface area contributed by atoms with Crippen LogP contribution in [0, 0.1) is 0 Å². The number of benzene rings is 1. The number of nitrogens with zero attached hydrogens (tertiary/aromatic N) is 1. The van der Waals surface area contributed by atoms with Crippen LogP contribution in [0.25, 0.3) is 11.3 Å². The first-order chi connectivity index (χ1) is 7.85. The van der Waals surface area contributed by atoms with E-state index in [0.717, 1.165) is 22.8 Å². The molecule has 4 heteroatoms. The lowest BCUT2D eigenvalue weighted by Gasteiger charge is -2.03. The summed E-state index contributed by atoms with van der Waals surface area (Å²) in [6.45, 7) is 0.684. The van der Waals surface area contributed by atoms with Gasteiger partial charge in [0.1, 0.15) is 11.4 Å². The molecule has 1 aromatic carbocycles. The average Bonchev–Trinajstić information content (AvgIpc) is 2.78. The maximum atomic E-state index is 5.40. The van der Waals surface area contributed by atoms with E-state index in [2.05, 4.69) is 10.3 Å². The highest BCUT2D eigenvalue weighted by molar-refractivity contribution is 5.61. The van der Waals surface area contributed by atoms with Crippen LogP contribution in [0.2, 0.25) is 0 Å². The van der Waals surface area contributed by atoms with Crippen molar-refractivity contribution in [2.24, 2.45) is 0 Å². The molecule has 84 valence electrons. The second kappa shape index (κ2) is 4.81. The lowest BCUT2D eigenvalue weighted by Crippen LogP contribution is -2.06. The second-order valence-corrected chi connectivity index (χ2v) is 3.39. The van der Waals surface area contributed by atoms with Crippen LogP contribution in [-0.4, -0.2) is 19.1 Å². The van der Waals surface area contributed by atoms with Crippen molar-refractivity contribution in [3.8, 4) is 17.1 Å². The number of rotatable bonds is 4. The van der Waals surface area contributed by atoms with E-state index < -0.39 is 0 Å². The Balaban J connectivity index is 2.37. The van der Waals surface area contributed by atoms with E-state index in [-0.39, 0.29) is 0 Å². The Labute approximate surface area is 94.3 Å². The lowest BCUT2D eigenvalue weighted by molar-refractivity contribution is 0.415. The van der Waals surface area contributed by atoms with Gasteiger partial charge in [0.05, 0.1) is 7.11 Å². The van der Waals surface area contributed by atoms with Crippen molar-refractivity contribution in [1.29, 1.82) is 0 Å². The summed E-state index contributed by atoms with van der Waals surface area (Å²) in [5.74, 6) is 1.59. The monoisotopic (exact) mass is 218 g/mol. The molecule has 1 heterocycles. The fourth-order valence-electron chi connectivity index (χ4n) is 1.56. The summed E-state index contributed by atoms with van der Waals surface area (Å²) in [6, 6.07) is 7.74. The molecular weight excluding hydrogens is 204 g/mol. The Hall–Kier alpha value is -1.81. The van der Waals surface area contributed by atoms with Crippen LogP contribution in [0.15, 0.2) is 35.1 Å². The fourth-order valence-corrected chi connectivity index (χ4v) is 1.56. The Kier molecular flexibility index (Phi) is 3.22. The summed E-state index contributed by atoms with van der Waals surface area (Å²) >= 11 is 0. The largest absolute Gasteiger partial charge is 0.497 e. The van der Waals surface area contributed by atoms with E-state index in [4.69, 9.17) is 9.15 Å². The molecule has 0 amide bonds. The molecule has 1 aromatic heterocycles. The van der Waals surface area contributed by atoms with Crippen LogP contribution in [0.1, 0.15) is 5.69 Å². The molecule has 0 fully saturated rings. The van der Waals surface area contributed by atoms with E-state index in [1.54, 1.807) is 7.11 Å². The van der Waals surface area contributed by atoms with E-state index in [9.17, 15) is 0 Å². The molecule has 1 N–H and O–H groups in total. The van der Waals surface area contributed by atoms with Crippen LogP contribution in [-0.2, 0) is 6.54 Å². The van der Waals surface area contributed by atoms with Gasteiger partial charge >= 0.3 is 0 Å². The molecule has 0 unspecified atom stereocenters. The van der Waals surface area contributed by atoms with Crippen LogP contribution >= 0.6 is 0 Å². The minimum absolute atomic E-state index is 0.684. The number of oxazole rings is 1. The minimum atomic E-state index is 0.684. The summed E-state index contributed by atoms with van der Waals surface area (Å²) in [5.41, 5.74) is 1.87. The Morgan fingerprint density at radius 2 is 2.31 bits per heavy atom. The highest BCUT2D eigenvalue weighted by Gasteiger charge is 2.10. The molecular formula is C12H14N2O2. The molecule has 2 rings (SSSR count). The number of methoxy groups -OCH3 is 1. The number of hydrogen-bond acceptors (Lipinski definition) is 4. The van der Waals surface area contributed by atoms with Gasteiger partial charge in [0, 0.05) is 12.1 Å². The fraction of sp³-hybridized carbons (Fsp3) is 0.250. The van der Waals surface area contributed by atoms with Gasteiger partial charge in [0.2, 0.25) is 0 Å². The second-order valence-electron chi connectivity index (χ2n) is 3.39. The van der Waals surface area contributed by atoms with E-state index >= 15 is 0 Å². The van der Waals surface area contributed by atoms with Gasteiger partial charge in [-0.25, -0.2) is 4.98 Å². The highest BCUT2D eigenvalue weighted by atomic mass is 16.5. The molecule has 0 aliphatic heterocycles. The molecule has 0 aliphatic rings. The summed E-state index contributed by atoms with van der Waals surface area (Å²) in [6.07, 6.45) is 1.46. The van der Waals surface area contributed by atoms with Crippen LogP contribution < -0.4 is 10.1 Å². The SMILES string of the molecule is CNCc1ncoc1-c1cccc(OC)c1. The number of nitrogens with one attached hydrogen (secondary N) is 1. The molecule has 0 atom stereocenters. The predicted molar refractivity (Wildman–Crippen MR) is 61.3 cm³/mol. The van der Waals surface area contributed by atoms with Gasteiger partial charge in [-0.1, -0.05) is 12.1 Å². The molecule has 0 saturated carbocycles. The molecule has 0 aliphatic carbocycles. The van der Waals surface area contributed by atoms with Crippen molar-refractivity contribution < 1.29 is 9.15 Å². The first-order valence-corrected chi connectivity index (χ1v) is 5.06. The normalized spacial score (nSPS) is 10.4. The minimum Gasteiger partial charge on any atom is -0.497 e. The van der Waals surface area contributed by atoms with Crippen molar-refractivity contribution in [3.63, 3.8) is 0 Å². The van der Waals surface area contributed by atoms with E-state index in [0.29, 0.717) is 6.54 Å². The maximum absolute atomic E-state index is 5.40. The third-order valence-corrected chi connectivity index (χ3v) is 2.32. The predicted octanol–water partition coefficient (Wildman–Crippen LogP) is 2.07. The molecule has 0 spiro atoms. The zero-order valence-electron chi connectivity index (χ0n) is 9.36. The number of aromatic nitrogens is 1. The van der Waals surface area contributed by atoms with Crippen LogP contribution in [0.3, 0.4) is 0 Å². The van der Waals surface area contributed by atoms with Crippen molar-refractivity contribution in [2.45, 2.75) is 6.54 Å². The van der Waals surface area contributed by atoms with Gasteiger partial charge < -0.3 is 14.5 Å². The van der Waals surface area contributed by atoms with Crippen LogP contribution in [0.4, 0.5) is 0 Å². The molecule has 4 nitrogen and oxygen atoms in total. The quantitative estimate of drug-likeness (QED) is 0.853. The summed E-state index contributed by atoms with van der Waals surface area (Å²) in [5, 5.41) is 3.06. The molecule has 2 aromatic rings. The topological polar surface area (TPSA) is 47.3 Å². The first-order valence-electron chi connectivity index (χ1n) is 5.06. The summed E-state index contributed by atoms with van der Waals surface area (Å²) < 4.78 is 10.6. The third-order valence-electron chi connectivity index (χ3n) is 2.32. The van der Waals surface area contributed by atoms with Crippen molar-refractivity contribution in [1.82, 2.24) is 10.3 Å². The van der Waals surface area contributed by atoms with E-state index in [1.165, 1.54) is 6.39 Å². The van der Waals surface area contributed by atoms with E-state index in [1.807, 2.05) is 31.3 Å². The van der Waals surface area contributed by atoms with Crippen molar-refractivity contribution >= 4 is 0 Å². The smallest absolute Gasteiger partial charge is 0.181 e. The van der Waals surface area contributed by atoms with Gasteiger partial charge in [0.25, 0.3) is 0 Å². The Morgan fingerprint density at radius 1 is 1.44 bits per heavy atom. The van der Waals surface area contributed by atoms with Gasteiger partial charge in [-0.2, -0.15) is 0 Å². The molecule has 0 saturated heterocycles. The lowest BCUT2D eigenvalue weighted by atomic mass is 10.1. The van der Waals surface area contributed by atoms with Gasteiger partial charge in [-0.05, 0) is 19.2 Å². The average molecular weight is 218 g/mol. The standard InChI is InChI=1S/C12H14N2O2/c1-13-7-11-12(16-8-14-11)9-4-3-5-10(6-9)15-2/h3-6,8,13H,7H2,1-2H3. The number of hydrogen-bond donors (Lipinski definition) is 1. The van der Waals surface area contributed by atoms with Gasteiger partial charge in [-0.3, -0.25) is 0 Å². The molecule has 16 heavy (non-hydrogen) atoms. The van der Waals surface area contributed by atoms with Crippen molar-refractivity contribution in [2.75, 3.05) is 14.2 Å². The van der Waals surface area contributed by atoms with Crippen molar-refractivity contribution in [3.05, 3.63) is 36.4 Å². The van der Waals surface area contributed by atoms with Gasteiger partial charge in [0.15, 0.2) is 12.2 Å². The first kappa shape index (κ1) is 10.7. The summed E-state index contributed by atoms with van der Waals surface area (Å²) in [4.78, 5) is 4.17. The summed E-state index contributed by atoms with van der Waals surface area (Å²) in [7, 11) is 3.53. The third kappa shape index (κ3) is 2.06. The zero-order chi connectivity index (χ0) is 11.4. The Bertz CT molecular complexity index is 466. The zero-order valence-corrected chi connectivity index (χ0v) is 9.36. The molecule has 0 radical (unpaired) electrons. The number of ether oxygens (including phenoxy) is 1. The van der Waals surface area contributed by atoms with Gasteiger partial charge in [-0.15, -0.1) is 0 Å².